The lowest BCUT2D eigenvalue weighted by molar-refractivity contribution is 0.101. The second-order valence-corrected chi connectivity index (χ2v) is 9.54. The average molecular weight is 573 g/mol. The van der Waals surface area contributed by atoms with E-state index in [1.54, 1.807) is 78.9 Å². The average Bonchev–Trinajstić information content (AvgIpc) is 3.40. The minimum absolute atomic E-state index is 0.0183. The molecule has 43 heavy (non-hydrogen) atoms. The van der Waals surface area contributed by atoms with Crippen LogP contribution in [0.1, 0.15) is 20.7 Å². The molecule has 1 heterocycles. The number of azo groups is 1. The first kappa shape index (κ1) is 27.0. The SMILES string of the molecule is COc1cc(C(=O)Nc2ccccc2)ccc1N=Nc1c(O)c(C(=O)Nc2ccc3[nH]c(=O)[nH]c3c2)cc2ccccc12. The van der Waals surface area contributed by atoms with Crippen LogP contribution < -0.4 is 21.1 Å². The van der Waals surface area contributed by atoms with Gasteiger partial charge in [-0.2, -0.15) is 0 Å². The maximum Gasteiger partial charge on any atom is 0.323 e. The predicted octanol–water partition coefficient (Wildman–Crippen LogP) is 6.64. The predicted molar refractivity (Wildman–Crippen MR) is 164 cm³/mol. The van der Waals surface area contributed by atoms with E-state index in [-0.39, 0.29) is 28.6 Å². The number of ether oxygens (including phenoxy) is 1. The van der Waals surface area contributed by atoms with Crippen molar-refractivity contribution in [2.75, 3.05) is 17.7 Å². The zero-order valence-electron chi connectivity index (χ0n) is 22.7. The number of H-pyrrole nitrogens is 2. The molecule has 6 aromatic rings. The number of aromatic amines is 2. The second-order valence-electron chi connectivity index (χ2n) is 9.54. The fraction of sp³-hybridized carbons (Fsp3) is 0.0312. The van der Waals surface area contributed by atoms with Crippen LogP contribution in [0, 0.1) is 0 Å². The van der Waals surface area contributed by atoms with Crippen molar-refractivity contribution in [1.82, 2.24) is 9.97 Å². The van der Waals surface area contributed by atoms with Crippen molar-refractivity contribution in [3.63, 3.8) is 0 Å². The number of carbonyl (C=O) groups is 2. The summed E-state index contributed by atoms with van der Waals surface area (Å²) in [6, 6.07) is 27.4. The molecule has 1 aromatic heterocycles. The van der Waals surface area contributed by atoms with Crippen molar-refractivity contribution in [2.45, 2.75) is 0 Å². The van der Waals surface area contributed by atoms with E-state index in [9.17, 15) is 19.5 Å². The Balaban J connectivity index is 1.31. The summed E-state index contributed by atoms with van der Waals surface area (Å²) in [7, 11) is 1.45. The Morgan fingerprint density at radius 3 is 2.33 bits per heavy atom. The van der Waals surface area contributed by atoms with Gasteiger partial charge in [0.2, 0.25) is 0 Å². The standard InChI is InChI=1S/C32H24N6O5/c1-43-27-16-19(30(40)33-20-8-3-2-4-9-20)11-13-25(27)37-38-28-22-10-6-5-7-18(22)15-23(29(28)39)31(41)34-21-12-14-24-26(17-21)36-32(42)35-24/h2-17,39H,1H3,(H,33,40)(H,34,41)(H2,35,36,42). The highest BCUT2D eigenvalue weighted by molar-refractivity contribution is 6.12. The Morgan fingerprint density at radius 2 is 1.51 bits per heavy atom. The first-order valence-electron chi connectivity index (χ1n) is 13.1. The molecule has 0 fully saturated rings. The molecule has 212 valence electrons. The summed E-state index contributed by atoms with van der Waals surface area (Å²) in [5.41, 5.74) is 2.57. The summed E-state index contributed by atoms with van der Waals surface area (Å²) in [6.07, 6.45) is 0. The van der Waals surface area contributed by atoms with Crippen LogP contribution >= 0.6 is 0 Å². The summed E-state index contributed by atoms with van der Waals surface area (Å²) in [6.45, 7) is 0. The van der Waals surface area contributed by atoms with Crippen LogP contribution in [-0.2, 0) is 0 Å². The number of hydrogen-bond acceptors (Lipinski definition) is 7. The van der Waals surface area contributed by atoms with Crippen molar-refractivity contribution in [3.8, 4) is 11.5 Å². The largest absolute Gasteiger partial charge is 0.505 e. The molecule has 0 atom stereocenters. The number of phenols is 1. The number of methoxy groups -OCH3 is 1. The Labute approximate surface area is 243 Å². The molecule has 0 aliphatic heterocycles. The fourth-order valence-electron chi connectivity index (χ4n) is 4.63. The molecule has 5 N–H and O–H groups in total. The topological polar surface area (TPSA) is 161 Å². The van der Waals surface area contributed by atoms with Crippen LogP contribution in [0.15, 0.2) is 112 Å². The zero-order chi connectivity index (χ0) is 29.9. The lowest BCUT2D eigenvalue weighted by Gasteiger charge is -2.12. The van der Waals surface area contributed by atoms with Gasteiger partial charge in [-0.15, -0.1) is 10.2 Å². The van der Waals surface area contributed by atoms with Gasteiger partial charge in [0.25, 0.3) is 11.8 Å². The highest BCUT2D eigenvalue weighted by Crippen LogP contribution is 2.40. The van der Waals surface area contributed by atoms with E-state index in [4.69, 9.17) is 4.74 Å². The molecule has 5 aromatic carbocycles. The van der Waals surface area contributed by atoms with Crippen LogP contribution in [0.2, 0.25) is 0 Å². The number of nitrogens with zero attached hydrogens (tertiary/aromatic N) is 2. The number of carbonyl (C=O) groups excluding carboxylic acids is 2. The first-order valence-corrected chi connectivity index (χ1v) is 13.1. The third-order valence-electron chi connectivity index (χ3n) is 6.74. The summed E-state index contributed by atoms with van der Waals surface area (Å²) in [4.78, 5) is 42.9. The number of phenolic OH excluding ortho intramolecular Hbond substituents is 1. The van der Waals surface area contributed by atoms with Crippen molar-refractivity contribution in [3.05, 3.63) is 119 Å². The number of rotatable bonds is 7. The molecule has 0 radical (unpaired) electrons. The number of imidazole rings is 1. The van der Waals surface area contributed by atoms with Crippen molar-refractivity contribution in [1.29, 1.82) is 0 Å². The smallest absolute Gasteiger partial charge is 0.323 e. The monoisotopic (exact) mass is 572 g/mol. The van der Waals surface area contributed by atoms with Crippen LogP contribution in [0.3, 0.4) is 0 Å². The lowest BCUT2D eigenvalue weighted by Crippen LogP contribution is -2.12. The third kappa shape index (κ3) is 5.55. The van der Waals surface area contributed by atoms with Gasteiger partial charge in [0.1, 0.15) is 17.1 Å². The summed E-state index contributed by atoms with van der Waals surface area (Å²) in [5, 5.41) is 26.6. The molecule has 0 saturated heterocycles. The number of anilines is 2. The number of aromatic hydroxyl groups is 1. The Morgan fingerprint density at radius 1 is 0.767 bits per heavy atom. The molecular weight excluding hydrogens is 548 g/mol. The Hall–Kier alpha value is -6.23. The molecule has 0 saturated carbocycles. The number of aromatic nitrogens is 2. The van der Waals surface area contributed by atoms with E-state index in [2.05, 4.69) is 30.8 Å². The highest BCUT2D eigenvalue weighted by atomic mass is 16.5. The number of fused-ring (bicyclic) bond motifs is 2. The van der Waals surface area contributed by atoms with E-state index >= 15 is 0 Å². The maximum atomic E-state index is 13.3. The molecule has 0 unspecified atom stereocenters. The van der Waals surface area contributed by atoms with Crippen LogP contribution in [0.4, 0.5) is 22.7 Å². The summed E-state index contributed by atoms with van der Waals surface area (Å²) in [5.74, 6) is -0.977. The molecule has 0 aliphatic rings. The van der Waals surface area contributed by atoms with Crippen molar-refractivity contribution in [2.24, 2.45) is 10.2 Å². The molecule has 2 amide bonds. The molecule has 11 heteroatoms. The van der Waals surface area contributed by atoms with Crippen molar-refractivity contribution >= 4 is 56.4 Å². The highest BCUT2D eigenvalue weighted by Gasteiger charge is 2.19. The molecule has 6 rings (SSSR count). The van der Waals surface area contributed by atoms with Gasteiger partial charge in [-0.1, -0.05) is 42.5 Å². The number of hydrogen-bond donors (Lipinski definition) is 5. The van der Waals surface area contributed by atoms with Gasteiger partial charge >= 0.3 is 5.69 Å². The number of benzene rings is 5. The molecule has 11 nitrogen and oxygen atoms in total. The lowest BCUT2D eigenvalue weighted by atomic mass is 10.0. The fourth-order valence-corrected chi connectivity index (χ4v) is 4.63. The molecule has 0 bridgehead atoms. The van der Waals surface area contributed by atoms with Crippen LogP contribution in [0.25, 0.3) is 21.8 Å². The molecular formula is C32H24N6O5. The van der Waals surface area contributed by atoms with Gasteiger partial charge < -0.3 is 30.4 Å². The minimum atomic E-state index is -0.580. The Kier molecular flexibility index (Phi) is 7.11. The third-order valence-corrected chi connectivity index (χ3v) is 6.74. The summed E-state index contributed by atoms with van der Waals surface area (Å²) < 4.78 is 5.47. The van der Waals surface area contributed by atoms with Gasteiger partial charge in [-0.3, -0.25) is 9.59 Å². The van der Waals surface area contributed by atoms with E-state index in [1.165, 1.54) is 7.11 Å². The van der Waals surface area contributed by atoms with Gasteiger partial charge in [0.05, 0.1) is 23.7 Å². The van der Waals surface area contributed by atoms with E-state index in [0.29, 0.717) is 50.2 Å². The van der Waals surface area contributed by atoms with E-state index in [0.717, 1.165) is 0 Å². The quantitative estimate of drug-likeness (QED) is 0.135. The van der Waals surface area contributed by atoms with Crippen molar-refractivity contribution < 1.29 is 19.4 Å². The second kappa shape index (κ2) is 11.3. The zero-order valence-corrected chi connectivity index (χ0v) is 22.7. The van der Waals surface area contributed by atoms with E-state index < -0.39 is 5.91 Å². The Bertz CT molecular complexity index is 2100. The van der Waals surface area contributed by atoms with Gasteiger partial charge in [0.15, 0.2) is 5.75 Å². The van der Waals surface area contributed by atoms with Gasteiger partial charge in [0, 0.05) is 22.3 Å². The minimum Gasteiger partial charge on any atom is -0.505 e. The summed E-state index contributed by atoms with van der Waals surface area (Å²) >= 11 is 0. The first-order chi connectivity index (χ1) is 20.9. The number of para-hydroxylation sites is 1. The van der Waals surface area contributed by atoms with Crippen LogP contribution in [-0.4, -0.2) is 34.0 Å². The number of nitrogens with one attached hydrogen (secondary N) is 4. The molecule has 0 aliphatic carbocycles. The maximum absolute atomic E-state index is 13.3. The van der Waals surface area contributed by atoms with Gasteiger partial charge in [-0.25, -0.2) is 4.79 Å². The molecule has 0 spiro atoms. The normalized spacial score (nSPS) is 11.2. The van der Waals surface area contributed by atoms with Crippen LogP contribution in [0.5, 0.6) is 11.5 Å². The van der Waals surface area contributed by atoms with Gasteiger partial charge in [-0.05, 0) is 60.0 Å². The number of amides is 2. The van der Waals surface area contributed by atoms with E-state index in [1.807, 2.05) is 18.2 Å².